The number of methoxy groups -OCH3 is 1. The van der Waals surface area contributed by atoms with E-state index in [1.54, 1.807) is 25.1 Å². The molecule has 0 radical (unpaired) electrons. The maximum atomic E-state index is 5.45. The molecule has 0 atom stereocenters. The van der Waals surface area contributed by atoms with Crippen molar-refractivity contribution in [3.05, 3.63) is 59.4 Å². The summed E-state index contributed by atoms with van der Waals surface area (Å²) >= 11 is 1.61. The highest BCUT2D eigenvalue weighted by molar-refractivity contribution is 8.13. The summed E-state index contributed by atoms with van der Waals surface area (Å²) < 4.78 is 5.45. The summed E-state index contributed by atoms with van der Waals surface area (Å²) in [5.74, 6) is 1.63. The Hall–Kier alpha value is -2.14. The fraction of sp³-hybridized carbons (Fsp3) is 0.235. The Morgan fingerprint density at radius 3 is 2.91 bits per heavy atom. The van der Waals surface area contributed by atoms with Gasteiger partial charge >= 0.3 is 0 Å². The van der Waals surface area contributed by atoms with Gasteiger partial charge in [-0.05, 0) is 36.8 Å². The highest BCUT2D eigenvalue weighted by Crippen LogP contribution is 2.24. The summed E-state index contributed by atoms with van der Waals surface area (Å²) in [4.78, 5) is 13.4. The number of nitrogens with zero attached hydrogens (tertiary/aromatic N) is 3. The molecule has 0 spiro atoms. The molecule has 0 saturated carbocycles. The first-order valence-electron chi connectivity index (χ1n) is 7.06. The molecule has 1 aromatic heterocycles. The normalized spacial score (nSPS) is 13.7. The predicted octanol–water partition coefficient (Wildman–Crippen LogP) is 3.49. The Labute approximate surface area is 134 Å². The fourth-order valence-corrected chi connectivity index (χ4v) is 2.99. The lowest BCUT2D eigenvalue weighted by atomic mass is 10.1. The molecular formula is C17H17N3OS. The van der Waals surface area contributed by atoms with E-state index in [4.69, 9.17) is 4.74 Å². The van der Waals surface area contributed by atoms with Crippen molar-refractivity contribution in [3.63, 3.8) is 0 Å². The summed E-state index contributed by atoms with van der Waals surface area (Å²) in [5, 5.41) is 0.809. The van der Waals surface area contributed by atoms with E-state index in [1.165, 1.54) is 5.56 Å². The summed E-state index contributed by atoms with van der Waals surface area (Å²) in [6.45, 7) is 2.65. The first kappa shape index (κ1) is 14.8. The van der Waals surface area contributed by atoms with Crippen LogP contribution >= 0.6 is 11.8 Å². The maximum Gasteiger partial charge on any atom is 0.184 e. The number of aromatic nitrogens is 1. The number of amidine groups is 1. The van der Waals surface area contributed by atoms with Gasteiger partial charge in [0.05, 0.1) is 25.1 Å². The molecule has 0 bridgehead atoms. The van der Waals surface area contributed by atoms with Crippen molar-refractivity contribution in [3.8, 4) is 5.75 Å². The van der Waals surface area contributed by atoms with E-state index in [0.29, 0.717) is 6.54 Å². The second kappa shape index (κ2) is 6.75. The minimum Gasteiger partial charge on any atom is -0.496 e. The van der Waals surface area contributed by atoms with Crippen LogP contribution in [0.4, 0.5) is 0 Å². The maximum absolute atomic E-state index is 5.45. The minimum absolute atomic E-state index is 0.601. The standard InChI is InChI=1S/C17H17N3OS/c1-12-6-7-14(16(9-12)21-2)15-10-19-17(20-15)22-11-13-5-3-4-8-18-13/h3-9H,10-11H2,1-2H3. The summed E-state index contributed by atoms with van der Waals surface area (Å²) in [7, 11) is 1.69. The summed E-state index contributed by atoms with van der Waals surface area (Å²) in [5.41, 5.74) is 4.18. The van der Waals surface area contributed by atoms with Crippen LogP contribution in [0.3, 0.4) is 0 Å². The third-order valence-corrected chi connectivity index (χ3v) is 4.26. The zero-order valence-electron chi connectivity index (χ0n) is 12.6. The molecular weight excluding hydrogens is 294 g/mol. The number of thioether (sulfide) groups is 1. The van der Waals surface area contributed by atoms with Crippen molar-refractivity contribution in [2.24, 2.45) is 9.98 Å². The number of ether oxygens (including phenoxy) is 1. The molecule has 1 aromatic carbocycles. The molecule has 0 fully saturated rings. The van der Waals surface area contributed by atoms with Crippen LogP contribution in [0, 0.1) is 6.92 Å². The van der Waals surface area contributed by atoms with Crippen LogP contribution in [-0.4, -0.2) is 29.5 Å². The zero-order chi connectivity index (χ0) is 15.4. The van der Waals surface area contributed by atoms with Crippen LogP contribution in [0.1, 0.15) is 16.8 Å². The van der Waals surface area contributed by atoms with E-state index in [9.17, 15) is 0 Å². The number of aryl methyl sites for hydroxylation is 1. The number of hydrogen-bond donors (Lipinski definition) is 0. The van der Waals surface area contributed by atoms with Crippen LogP contribution in [0.15, 0.2) is 52.6 Å². The molecule has 1 aliphatic rings. The molecule has 5 heteroatoms. The Balaban J connectivity index is 1.71. The van der Waals surface area contributed by atoms with Gasteiger partial charge in [-0.15, -0.1) is 0 Å². The van der Waals surface area contributed by atoms with Crippen LogP contribution in [0.5, 0.6) is 5.75 Å². The number of hydrogen-bond acceptors (Lipinski definition) is 5. The quantitative estimate of drug-likeness (QED) is 0.868. The third-order valence-electron chi connectivity index (χ3n) is 3.34. The molecule has 3 rings (SSSR count). The zero-order valence-corrected chi connectivity index (χ0v) is 13.4. The van der Waals surface area contributed by atoms with Gasteiger partial charge in [-0.3, -0.25) is 9.98 Å². The lowest BCUT2D eigenvalue weighted by Gasteiger charge is -2.08. The summed E-state index contributed by atoms with van der Waals surface area (Å²) in [6.07, 6.45) is 1.80. The van der Waals surface area contributed by atoms with Gasteiger partial charge in [0, 0.05) is 17.5 Å². The molecule has 0 N–H and O–H groups in total. The number of pyridine rings is 1. The smallest absolute Gasteiger partial charge is 0.184 e. The highest BCUT2D eigenvalue weighted by atomic mass is 32.2. The van der Waals surface area contributed by atoms with Crippen molar-refractivity contribution in [2.45, 2.75) is 12.7 Å². The van der Waals surface area contributed by atoms with E-state index in [0.717, 1.165) is 33.6 Å². The average molecular weight is 311 g/mol. The molecule has 0 amide bonds. The fourth-order valence-electron chi connectivity index (χ4n) is 2.21. The largest absolute Gasteiger partial charge is 0.496 e. The van der Waals surface area contributed by atoms with E-state index < -0.39 is 0 Å². The van der Waals surface area contributed by atoms with Crippen molar-refractivity contribution < 1.29 is 4.74 Å². The van der Waals surface area contributed by atoms with Gasteiger partial charge in [0.25, 0.3) is 0 Å². The molecule has 0 saturated heterocycles. The van der Waals surface area contributed by atoms with Gasteiger partial charge in [0.2, 0.25) is 0 Å². The molecule has 112 valence electrons. The van der Waals surface area contributed by atoms with Gasteiger partial charge in [0.1, 0.15) is 5.75 Å². The first-order chi connectivity index (χ1) is 10.8. The topological polar surface area (TPSA) is 46.8 Å². The lowest BCUT2D eigenvalue weighted by molar-refractivity contribution is 0.413. The molecule has 0 aliphatic carbocycles. The van der Waals surface area contributed by atoms with Crippen molar-refractivity contribution in [1.82, 2.24) is 4.98 Å². The average Bonchev–Trinajstić information content (AvgIpc) is 3.02. The van der Waals surface area contributed by atoms with Gasteiger partial charge in [-0.25, -0.2) is 4.99 Å². The van der Waals surface area contributed by atoms with Crippen LogP contribution < -0.4 is 4.74 Å². The van der Waals surface area contributed by atoms with E-state index >= 15 is 0 Å². The highest BCUT2D eigenvalue weighted by Gasteiger charge is 2.16. The molecule has 2 heterocycles. The Bertz CT molecular complexity index is 726. The van der Waals surface area contributed by atoms with Crippen molar-refractivity contribution in [2.75, 3.05) is 13.7 Å². The van der Waals surface area contributed by atoms with Gasteiger partial charge < -0.3 is 4.74 Å². The second-order valence-corrected chi connectivity index (χ2v) is 5.91. The first-order valence-corrected chi connectivity index (χ1v) is 8.04. The van der Waals surface area contributed by atoms with Gasteiger partial charge in [-0.1, -0.05) is 23.9 Å². The van der Waals surface area contributed by atoms with Gasteiger partial charge in [0.15, 0.2) is 5.17 Å². The number of benzene rings is 1. The monoisotopic (exact) mass is 311 g/mol. The van der Waals surface area contributed by atoms with Crippen molar-refractivity contribution in [1.29, 1.82) is 0 Å². The minimum atomic E-state index is 0.601. The number of aliphatic imine (C=N–C) groups is 2. The van der Waals surface area contributed by atoms with Gasteiger partial charge in [-0.2, -0.15) is 0 Å². The third kappa shape index (κ3) is 3.36. The van der Waals surface area contributed by atoms with Crippen LogP contribution in [0.25, 0.3) is 0 Å². The molecule has 0 unspecified atom stereocenters. The van der Waals surface area contributed by atoms with Crippen LogP contribution in [0.2, 0.25) is 0 Å². The number of rotatable bonds is 4. The lowest BCUT2D eigenvalue weighted by Crippen LogP contribution is -2.04. The van der Waals surface area contributed by atoms with E-state index in [1.807, 2.05) is 31.2 Å². The molecule has 2 aromatic rings. The molecule has 1 aliphatic heterocycles. The predicted molar refractivity (Wildman–Crippen MR) is 92.1 cm³/mol. The molecule has 22 heavy (non-hydrogen) atoms. The molecule has 4 nitrogen and oxygen atoms in total. The van der Waals surface area contributed by atoms with E-state index in [2.05, 4.69) is 27.1 Å². The SMILES string of the molecule is COc1cc(C)ccc1C1=NC(SCc2ccccn2)=NC1. The summed E-state index contributed by atoms with van der Waals surface area (Å²) in [6, 6.07) is 12.1. The van der Waals surface area contributed by atoms with E-state index in [-0.39, 0.29) is 0 Å². The van der Waals surface area contributed by atoms with Crippen molar-refractivity contribution >= 4 is 22.6 Å². The Morgan fingerprint density at radius 2 is 2.14 bits per heavy atom. The Morgan fingerprint density at radius 1 is 1.23 bits per heavy atom. The van der Waals surface area contributed by atoms with Crippen LogP contribution in [-0.2, 0) is 5.75 Å². The second-order valence-electron chi connectivity index (χ2n) is 4.97. The Kier molecular flexibility index (Phi) is 4.53.